The number of nitrogens with one attached hydrogen (secondary N) is 1. The molecule has 0 aliphatic rings. The molecule has 98 valence electrons. The molecule has 0 heterocycles. The summed E-state index contributed by atoms with van der Waals surface area (Å²) in [4.78, 5) is 21.5. The third-order valence-corrected chi connectivity index (χ3v) is 1.89. The quantitative estimate of drug-likeness (QED) is 0.760. The van der Waals surface area contributed by atoms with E-state index in [1.54, 1.807) is 31.4 Å². The van der Waals surface area contributed by atoms with Gasteiger partial charge in [0.2, 0.25) is 0 Å². The van der Waals surface area contributed by atoms with Gasteiger partial charge in [-0.1, -0.05) is 0 Å². The molecule has 2 amide bonds. The van der Waals surface area contributed by atoms with Gasteiger partial charge in [-0.2, -0.15) is 0 Å². The first-order valence-corrected chi connectivity index (χ1v) is 5.14. The van der Waals surface area contributed by atoms with Crippen molar-refractivity contribution in [2.24, 2.45) is 5.73 Å². The van der Waals surface area contributed by atoms with Crippen molar-refractivity contribution in [1.29, 1.82) is 0 Å². The highest BCUT2D eigenvalue weighted by molar-refractivity contribution is 5.70. The van der Waals surface area contributed by atoms with Crippen molar-refractivity contribution in [3.63, 3.8) is 0 Å². The number of rotatable bonds is 5. The monoisotopic (exact) mass is 254 g/mol. The average molecular weight is 254 g/mol. The topological polar surface area (TPSA) is 99.9 Å². The van der Waals surface area contributed by atoms with Crippen LogP contribution in [0.1, 0.15) is 0 Å². The zero-order valence-corrected chi connectivity index (χ0v) is 9.84. The van der Waals surface area contributed by atoms with Crippen molar-refractivity contribution in [2.75, 3.05) is 20.3 Å². The Labute approximate surface area is 104 Å². The third kappa shape index (κ3) is 5.06. The van der Waals surface area contributed by atoms with Crippen molar-refractivity contribution in [3.05, 3.63) is 24.3 Å². The Kier molecular flexibility index (Phi) is 5.30. The van der Waals surface area contributed by atoms with Crippen LogP contribution in [-0.4, -0.2) is 32.4 Å². The summed E-state index contributed by atoms with van der Waals surface area (Å²) < 4.78 is 14.3. The number of nitrogens with two attached hydrogens (primary N) is 1. The van der Waals surface area contributed by atoms with Crippen LogP contribution in [0.3, 0.4) is 0 Å². The standard InChI is InChI=1S/C11H14N2O5/c1-16-8-2-4-9(5-3-8)18-11(15)13-6-7-17-10(12)14/h2-5H,6-7H2,1H3,(H2,12,14)(H,13,15). The van der Waals surface area contributed by atoms with Gasteiger partial charge in [0.05, 0.1) is 13.7 Å². The zero-order chi connectivity index (χ0) is 13.4. The van der Waals surface area contributed by atoms with Crippen LogP contribution < -0.4 is 20.5 Å². The van der Waals surface area contributed by atoms with Crippen LogP contribution in [0.4, 0.5) is 9.59 Å². The van der Waals surface area contributed by atoms with Crippen molar-refractivity contribution in [2.45, 2.75) is 0 Å². The summed E-state index contributed by atoms with van der Waals surface area (Å²) >= 11 is 0. The van der Waals surface area contributed by atoms with Gasteiger partial charge >= 0.3 is 12.2 Å². The SMILES string of the molecule is COc1ccc(OC(=O)NCCOC(N)=O)cc1. The maximum atomic E-state index is 11.3. The Morgan fingerprint density at radius 3 is 2.39 bits per heavy atom. The minimum Gasteiger partial charge on any atom is -0.497 e. The van der Waals surface area contributed by atoms with Gasteiger partial charge in [0.1, 0.15) is 18.1 Å². The van der Waals surface area contributed by atoms with Gasteiger partial charge in [-0.25, -0.2) is 9.59 Å². The molecule has 0 aliphatic carbocycles. The molecule has 0 spiro atoms. The van der Waals surface area contributed by atoms with Crippen LogP contribution in [0, 0.1) is 0 Å². The Balaban J connectivity index is 2.28. The Bertz CT molecular complexity index is 404. The third-order valence-electron chi connectivity index (χ3n) is 1.89. The van der Waals surface area contributed by atoms with E-state index < -0.39 is 12.2 Å². The molecule has 0 unspecified atom stereocenters. The second kappa shape index (κ2) is 7.00. The van der Waals surface area contributed by atoms with Crippen LogP contribution in [0.5, 0.6) is 11.5 Å². The van der Waals surface area contributed by atoms with E-state index in [9.17, 15) is 9.59 Å². The van der Waals surface area contributed by atoms with Crippen LogP contribution in [0.25, 0.3) is 0 Å². The number of hydrogen-bond donors (Lipinski definition) is 2. The number of carbonyl (C=O) groups excluding carboxylic acids is 2. The second-order valence-corrected chi connectivity index (χ2v) is 3.16. The van der Waals surface area contributed by atoms with Crippen LogP contribution in [0.15, 0.2) is 24.3 Å². The molecule has 1 aromatic rings. The van der Waals surface area contributed by atoms with Crippen molar-refractivity contribution in [1.82, 2.24) is 5.32 Å². The minimum absolute atomic E-state index is 0.00690. The van der Waals surface area contributed by atoms with E-state index in [4.69, 9.17) is 15.2 Å². The molecule has 0 aromatic heterocycles. The van der Waals surface area contributed by atoms with Gasteiger partial charge in [0.25, 0.3) is 0 Å². The lowest BCUT2D eigenvalue weighted by molar-refractivity contribution is 0.154. The van der Waals surface area contributed by atoms with Crippen molar-refractivity contribution in [3.8, 4) is 11.5 Å². The normalized spacial score (nSPS) is 9.39. The highest BCUT2D eigenvalue weighted by Gasteiger charge is 2.04. The van der Waals surface area contributed by atoms with Gasteiger partial charge in [0, 0.05) is 0 Å². The second-order valence-electron chi connectivity index (χ2n) is 3.16. The predicted molar refractivity (Wildman–Crippen MR) is 62.6 cm³/mol. The molecule has 7 nitrogen and oxygen atoms in total. The molecule has 0 fully saturated rings. The highest BCUT2D eigenvalue weighted by Crippen LogP contribution is 2.16. The summed E-state index contributed by atoms with van der Waals surface area (Å²) in [6.45, 7) is 0.116. The molecule has 1 aromatic carbocycles. The summed E-state index contributed by atoms with van der Waals surface area (Å²) in [7, 11) is 1.54. The van der Waals surface area contributed by atoms with Crippen LogP contribution in [-0.2, 0) is 4.74 Å². The Hall–Kier alpha value is -2.44. The van der Waals surface area contributed by atoms with Crippen molar-refractivity contribution >= 4 is 12.2 Å². The van der Waals surface area contributed by atoms with E-state index >= 15 is 0 Å². The molecule has 0 aliphatic heterocycles. The molecule has 3 N–H and O–H groups in total. The molecule has 0 saturated carbocycles. The summed E-state index contributed by atoms with van der Waals surface area (Å²) in [6, 6.07) is 6.52. The lowest BCUT2D eigenvalue weighted by Crippen LogP contribution is -2.31. The first-order valence-electron chi connectivity index (χ1n) is 5.14. The lowest BCUT2D eigenvalue weighted by atomic mass is 10.3. The molecule has 7 heteroatoms. The minimum atomic E-state index is -0.889. The number of carbonyl (C=O) groups is 2. The highest BCUT2D eigenvalue weighted by atomic mass is 16.6. The van der Waals surface area contributed by atoms with E-state index in [1.807, 2.05) is 0 Å². The molecule has 0 atom stereocenters. The molecule has 0 saturated heterocycles. The fourth-order valence-corrected chi connectivity index (χ4v) is 1.09. The van der Waals surface area contributed by atoms with Gasteiger partial charge in [-0.3, -0.25) is 0 Å². The Morgan fingerprint density at radius 2 is 1.83 bits per heavy atom. The zero-order valence-electron chi connectivity index (χ0n) is 9.84. The fraction of sp³-hybridized carbons (Fsp3) is 0.273. The number of hydrogen-bond acceptors (Lipinski definition) is 5. The lowest BCUT2D eigenvalue weighted by Gasteiger charge is -2.07. The molecule has 0 bridgehead atoms. The first-order chi connectivity index (χ1) is 8.61. The molecule has 18 heavy (non-hydrogen) atoms. The maximum absolute atomic E-state index is 11.3. The molecule has 1 rings (SSSR count). The summed E-state index contributed by atoms with van der Waals surface area (Å²) in [5.74, 6) is 1.04. The van der Waals surface area contributed by atoms with Gasteiger partial charge in [-0.05, 0) is 24.3 Å². The molecule has 0 radical (unpaired) electrons. The smallest absolute Gasteiger partial charge is 0.412 e. The van der Waals surface area contributed by atoms with Crippen molar-refractivity contribution < 1.29 is 23.8 Å². The summed E-state index contributed by atoms with van der Waals surface area (Å²) in [5.41, 5.74) is 4.74. The van der Waals surface area contributed by atoms with Crippen LogP contribution in [0.2, 0.25) is 0 Å². The van der Waals surface area contributed by atoms with E-state index in [0.29, 0.717) is 11.5 Å². The van der Waals surface area contributed by atoms with Crippen LogP contribution >= 0.6 is 0 Å². The van der Waals surface area contributed by atoms with Gasteiger partial charge in [-0.15, -0.1) is 0 Å². The van der Waals surface area contributed by atoms with E-state index in [2.05, 4.69) is 10.1 Å². The molecular weight excluding hydrogens is 240 g/mol. The summed E-state index contributed by atoms with van der Waals surface area (Å²) in [5, 5.41) is 2.39. The number of amides is 2. The number of primary amides is 1. The maximum Gasteiger partial charge on any atom is 0.412 e. The largest absolute Gasteiger partial charge is 0.497 e. The average Bonchev–Trinajstić information content (AvgIpc) is 2.35. The predicted octanol–water partition coefficient (Wildman–Crippen LogP) is 0.879. The number of benzene rings is 1. The fourth-order valence-electron chi connectivity index (χ4n) is 1.09. The first kappa shape index (κ1) is 13.6. The van der Waals surface area contributed by atoms with E-state index in [1.165, 1.54) is 0 Å². The van der Waals surface area contributed by atoms with E-state index in [-0.39, 0.29) is 13.2 Å². The Morgan fingerprint density at radius 1 is 1.22 bits per heavy atom. The molecular formula is C11H14N2O5. The van der Waals surface area contributed by atoms with Gasteiger partial charge < -0.3 is 25.3 Å². The summed E-state index contributed by atoms with van der Waals surface area (Å²) in [6.07, 6.45) is -1.53. The van der Waals surface area contributed by atoms with Gasteiger partial charge in [0.15, 0.2) is 0 Å². The van der Waals surface area contributed by atoms with E-state index in [0.717, 1.165) is 0 Å². The number of ether oxygens (including phenoxy) is 3. The number of methoxy groups -OCH3 is 1.